The van der Waals surface area contributed by atoms with Gasteiger partial charge >= 0.3 is 6.03 Å². The van der Waals surface area contributed by atoms with Crippen molar-refractivity contribution in [1.29, 1.82) is 0 Å². The molecule has 3 N–H and O–H groups in total. The highest BCUT2D eigenvalue weighted by atomic mass is 16.2. The minimum atomic E-state index is -0.677. The van der Waals surface area contributed by atoms with E-state index in [2.05, 4.69) is 10.5 Å². The molecule has 0 radical (unpaired) electrons. The lowest BCUT2D eigenvalue weighted by atomic mass is 10.0. The molecular formula is C14H13N3O. The Morgan fingerprint density at radius 2 is 1.72 bits per heavy atom. The van der Waals surface area contributed by atoms with E-state index < -0.39 is 6.03 Å². The third kappa shape index (κ3) is 2.95. The fraction of sp³-hybridized carbons (Fsp3) is 0. The Bertz CT molecular complexity index is 564. The van der Waals surface area contributed by atoms with E-state index in [9.17, 15) is 4.79 Å². The summed E-state index contributed by atoms with van der Waals surface area (Å²) in [4.78, 5) is 10.5. The smallest absolute Gasteiger partial charge is 0.332 e. The van der Waals surface area contributed by atoms with E-state index in [0.717, 1.165) is 16.7 Å². The topological polar surface area (TPSA) is 67.5 Å². The maximum Gasteiger partial charge on any atom is 0.332 e. The fourth-order valence-electron chi connectivity index (χ4n) is 1.66. The Labute approximate surface area is 105 Å². The highest BCUT2D eigenvalue weighted by molar-refractivity contribution is 5.90. The molecule has 0 saturated carbocycles. The summed E-state index contributed by atoms with van der Waals surface area (Å²) in [6.07, 6.45) is 1.58. The summed E-state index contributed by atoms with van der Waals surface area (Å²) in [5.41, 5.74) is 10.2. The van der Waals surface area contributed by atoms with Gasteiger partial charge in [-0.2, -0.15) is 5.10 Å². The second kappa shape index (κ2) is 5.63. The molecule has 0 unspecified atom stereocenters. The van der Waals surface area contributed by atoms with Crippen LogP contribution in [0.15, 0.2) is 59.7 Å². The molecule has 2 rings (SSSR count). The van der Waals surface area contributed by atoms with Gasteiger partial charge in [0.2, 0.25) is 0 Å². The number of nitrogens with two attached hydrogens (primary N) is 1. The largest absolute Gasteiger partial charge is 0.350 e. The van der Waals surface area contributed by atoms with Gasteiger partial charge in [0.25, 0.3) is 0 Å². The predicted octanol–water partition coefficient (Wildman–Crippen LogP) is 2.36. The number of nitrogens with one attached hydrogen (secondary N) is 1. The molecule has 2 amide bonds. The van der Waals surface area contributed by atoms with Crippen LogP contribution >= 0.6 is 0 Å². The molecule has 0 saturated heterocycles. The first-order valence-electron chi connectivity index (χ1n) is 5.50. The third-order valence-electron chi connectivity index (χ3n) is 2.42. The number of rotatable bonds is 3. The van der Waals surface area contributed by atoms with Crippen LogP contribution in [0.2, 0.25) is 0 Å². The van der Waals surface area contributed by atoms with Crippen LogP contribution in [0.1, 0.15) is 5.56 Å². The zero-order chi connectivity index (χ0) is 12.8. The molecule has 4 heteroatoms. The van der Waals surface area contributed by atoms with Crippen LogP contribution in [0.5, 0.6) is 0 Å². The quantitative estimate of drug-likeness (QED) is 0.626. The molecule has 0 fully saturated rings. The highest BCUT2D eigenvalue weighted by Gasteiger charge is 2.01. The number of carbonyl (C=O) groups excluding carboxylic acids is 1. The van der Waals surface area contributed by atoms with Crippen LogP contribution < -0.4 is 11.2 Å². The standard InChI is InChI=1S/C14H13N3O/c15-14(18)17-16-10-12-8-4-5-9-13(12)11-6-2-1-3-7-11/h1-10H,(H3,15,17,18). The van der Waals surface area contributed by atoms with Gasteiger partial charge < -0.3 is 5.73 Å². The number of primary amides is 1. The Morgan fingerprint density at radius 1 is 1.06 bits per heavy atom. The lowest BCUT2D eigenvalue weighted by molar-refractivity contribution is 0.249. The van der Waals surface area contributed by atoms with Crippen molar-refractivity contribution in [2.75, 3.05) is 0 Å². The van der Waals surface area contributed by atoms with Crippen LogP contribution in [0, 0.1) is 0 Å². The molecule has 90 valence electrons. The number of hydrogen-bond donors (Lipinski definition) is 2. The minimum Gasteiger partial charge on any atom is -0.350 e. The summed E-state index contributed by atoms with van der Waals surface area (Å²) in [5.74, 6) is 0. The van der Waals surface area contributed by atoms with Crippen molar-refractivity contribution in [3.05, 3.63) is 60.2 Å². The molecule has 0 atom stereocenters. The Kier molecular flexibility index (Phi) is 3.71. The van der Waals surface area contributed by atoms with E-state index in [4.69, 9.17) is 5.73 Å². The summed E-state index contributed by atoms with van der Waals surface area (Å²) in [7, 11) is 0. The average Bonchev–Trinajstić information content (AvgIpc) is 2.40. The first-order valence-corrected chi connectivity index (χ1v) is 5.50. The maximum absolute atomic E-state index is 10.5. The number of benzene rings is 2. The van der Waals surface area contributed by atoms with Crippen LogP contribution in [0.25, 0.3) is 11.1 Å². The lowest BCUT2D eigenvalue weighted by Gasteiger charge is -2.05. The minimum absolute atomic E-state index is 0.677. The van der Waals surface area contributed by atoms with Gasteiger partial charge in [0.1, 0.15) is 0 Å². The first-order chi connectivity index (χ1) is 8.77. The van der Waals surface area contributed by atoms with E-state index in [1.165, 1.54) is 0 Å². The maximum atomic E-state index is 10.5. The Balaban J connectivity index is 2.32. The van der Waals surface area contributed by atoms with E-state index in [-0.39, 0.29) is 0 Å². The van der Waals surface area contributed by atoms with E-state index >= 15 is 0 Å². The molecular weight excluding hydrogens is 226 g/mol. The molecule has 0 aromatic heterocycles. The third-order valence-corrected chi connectivity index (χ3v) is 2.42. The number of carbonyl (C=O) groups is 1. The predicted molar refractivity (Wildman–Crippen MR) is 72.2 cm³/mol. The van der Waals surface area contributed by atoms with E-state index in [0.29, 0.717) is 0 Å². The van der Waals surface area contributed by atoms with E-state index in [1.54, 1.807) is 6.21 Å². The molecule has 2 aromatic rings. The molecule has 0 aliphatic rings. The van der Waals surface area contributed by atoms with Crippen LogP contribution in [0.4, 0.5) is 4.79 Å². The Morgan fingerprint density at radius 3 is 2.44 bits per heavy atom. The van der Waals surface area contributed by atoms with Gasteiger partial charge in [-0.15, -0.1) is 0 Å². The van der Waals surface area contributed by atoms with Crippen LogP contribution in [0.3, 0.4) is 0 Å². The zero-order valence-electron chi connectivity index (χ0n) is 9.71. The highest BCUT2D eigenvalue weighted by Crippen LogP contribution is 2.21. The molecule has 4 nitrogen and oxygen atoms in total. The van der Waals surface area contributed by atoms with Crippen molar-refractivity contribution < 1.29 is 4.79 Å². The molecule has 0 heterocycles. The second-order valence-electron chi connectivity index (χ2n) is 3.69. The van der Waals surface area contributed by atoms with Crippen molar-refractivity contribution in [2.45, 2.75) is 0 Å². The second-order valence-corrected chi connectivity index (χ2v) is 3.69. The monoisotopic (exact) mass is 239 g/mol. The molecule has 0 aliphatic carbocycles. The summed E-state index contributed by atoms with van der Waals surface area (Å²) >= 11 is 0. The number of hydrogen-bond acceptors (Lipinski definition) is 2. The Hall–Kier alpha value is -2.62. The van der Waals surface area contributed by atoms with Crippen molar-refractivity contribution in [1.82, 2.24) is 5.43 Å². The molecule has 2 aromatic carbocycles. The molecule has 0 bridgehead atoms. The van der Waals surface area contributed by atoms with Gasteiger partial charge in [-0.3, -0.25) is 0 Å². The number of nitrogens with zero attached hydrogens (tertiary/aromatic N) is 1. The summed E-state index contributed by atoms with van der Waals surface area (Å²) in [6.45, 7) is 0. The number of urea groups is 1. The summed E-state index contributed by atoms with van der Waals surface area (Å²) < 4.78 is 0. The number of hydrazone groups is 1. The van der Waals surface area contributed by atoms with Gasteiger partial charge in [0, 0.05) is 5.56 Å². The van der Waals surface area contributed by atoms with Gasteiger partial charge in [0.15, 0.2) is 0 Å². The summed E-state index contributed by atoms with van der Waals surface area (Å²) in [5, 5.41) is 3.78. The van der Waals surface area contributed by atoms with Gasteiger partial charge in [-0.25, -0.2) is 10.2 Å². The zero-order valence-corrected chi connectivity index (χ0v) is 9.71. The lowest BCUT2D eigenvalue weighted by Crippen LogP contribution is -2.24. The van der Waals surface area contributed by atoms with Crippen molar-refractivity contribution >= 4 is 12.2 Å². The first kappa shape index (κ1) is 11.9. The van der Waals surface area contributed by atoms with Crippen molar-refractivity contribution in [2.24, 2.45) is 10.8 Å². The molecule has 0 spiro atoms. The fourth-order valence-corrected chi connectivity index (χ4v) is 1.66. The number of amides is 2. The van der Waals surface area contributed by atoms with Crippen LogP contribution in [-0.4, -0.2) is 12.2 Å². The van der Waals surface area contributed by atoms with Crippen LogP contribution in [-0.2, 0) is 0 Å². The van der Waals surface area contributed by atoms with E-state index in [1.807, 2.05) is 54.6 Å². The SMILES string of the molecule is NC(=O)NN=Cc1ccccc1-c1ccccc1. The molecule has 0 aliphatic heterocycles. The average molecular weight is 239 g/mol. The van der Waals surface area contributed by atoms with Gasteiger partial charge in [-0.05, 0) is 11.1 Å². The van der Waals surface area contributed by atoms with Crippen molar-refractivity contribution in [3.63, 3.8) is 0 Å². The van der Waals surface area contributed by atoms with Gasteiger partial charge in [0.05, 0.1) is 6.21 Å². The summed E-state index contributed by atoms with van der Waals surface area (Å²) in [6, 6.07) is 17.1. The van der Waals surface area contributed by atoms with Gasteiger partial charge in [-0.1, -0.05) is 54.6 Å². The molecule has 18 heavy (non-hydrogen) atoms. The normalized spacial score (nSPS) is 10.4. The van der Waals surface area contributed by atoms with Crippen molar-refractivity contribution in [3.8, 4) is 11.1 Å².